The van der Waals surface area contributed by atoms with E-state index in [0.717, 1.165) is 30.7 Å². The van der Waals surface area contributed by atoms with Crippen LogP contribution in [0.2, 0.25) is 0 Å². The summed E-state index contributed by atoms with van der Waals surface area (Å²) in [5.74, 6) is 2.09. The van der Waals surface area contributed by atoms with Crippen LogP contribution < -0.4 is 11.1 Å². The monoisotopic (exact) mass is 493 g/mol. The molecule has 3 N–H and O–H groups in total. The molecule has 4 heterocycles. The Balaban J connectivity index is 1.39. The first kappa shape index (κ1) is 22.9. The normalized spacial score (nSPS) is 20.6. The molecule has 4 aromatic rings. The fraction of sp³-hybridized carbons (Fsp3) is 0.250. The zero-order valence-corrected chi connectivity index (χ0v) is 20.2. The molecule has 0 spiro atoms. The van der Waals surface area contributed by atoms with Gasteiger partial charge in [-0.2, -0.15) is 0 Å². The van der Waals surface area contributed by atoms with E-state index in [2.05, 4.69) is 21.9 Å². The molecule has 3 aromatic heterocycles. The number of nitrogen functional groups attached to an aromatic ring is 1. The fourth-order valence-electron chi connectivity index (χ4n) is 5.88. The number of rotatable bonds is 5. The summed E-state index contributed by atoms with van der Waals surface area (Å²) in [4.78, 5) is 41.0. The van der Waals surface area contributed by atoms with Crippen LogP contribution in [0.15, 0.2) is 73.7 Å². The lowest BCUT2D eigenvalue weighted by Gasteiger charge is -2.26. The Kier molecular flexibility index (Phi) is 5.67. The first-order chi connectivity index (χ1) is 18.0. The average molecular weight is 494 g/mol. The van der Waals surface area contributed by atoms with Crippen molar-refractivity contribution in [2.75, 3.05) is 17.6 Å². The maximum Gasteiger partial charge on any atom is 0.256 e. The number of pyridine rings is 1. The summed E-state index contributed by atoms with van der Waals surface area (Å²) in [6.45, 7) is 4.43. The van der Waals surface area contributed by atoms with Crippen LogP contribution in [0.1, 0.15) is 41.5 Å². The number of hydrogen-bond donors (Lipinski definition) is 2. The molecular formula is C28H27N7O2. The van der Waals surface area contributed by atoms with Crippen molar-refractivity contribution in [1.82, 2.24) is 24.3 Å². The van der Waals surface area contributed by atoms with Crippen molar-refractivity contribution in [1.29, 1.82) is 0 Å². The average Bonchev–Trinajstić information content (AvgIpc) is 3.63. The Morgan fingerprint density at radius 1 is 1.08 bits per heavy atom. The van der Waals surface area contributed by atoms with Crippen LogP contribution in [0.5, 0.6) is 0 Å². The molecule has 2 aliphatic rings. The molecule has 0 radical (unpaired) electrons. The maximum absolute atomic E-state index is 12.8. The van der Waals surface area contributed by atoms with Crippen molar-refractivity contribution < 1.29 is 9.59 Å². The van der Waals surface area contributed by atoms with Gasteiger partial charge in [0.15, 0.2) is 0 Å². The summed E-state index contributed by atoms with van der Waals surface area (Å²) in [5, 5.41) is 2.79. The van der Waals surface area contributed by atoms with Crippen molar-refractivity contribution in [2.24, 2.45) is 11.8 Å². The second-order valence-electron chi connectivity index (χ2n) is 9.59. The van der Waals surface area contributed by atoms with E-state index >= 15 is 0 Å². The van der Waals surface area contributed by atoms with Gasteiger partial charge >= 0.3 is 0 Å². The van der Waals surface area contributed by atoms with Gasteiger partial charge in [0.05, 0.1) is 6.04 Å². The van der Waals surface area contributed by atoms with Gasteiger partial charge in [-0.1, -0.05) is 31.2 Å². The molecule has 2 amide bonds. The maximum atomic E-state index is 12.8. The van der Waals surface area contributed by atoms with Crippen molar-refractivity contribution in [3.63, 3.8) is 0 Å². The number of nitrogens with zero attached hydrogens (tertiary/aromatic N) is 5. The number of hydrogen-bond acceptors (Lipinski definition) is 6. The highest BCUT2D eigenvalue weighted by molar-refractivity contribution is 6.04. The van der Waals surface area contributed by atoms with Crippen molar-refractivity contribution in [3.8, 4) is 11.3 Å². The third-order valence-electron chi connectivity index (χ3n) is 7.55. The largest absolute Gasteiger partial charge is 0.382 e. The Hall–Kier alpha value is -4.53. The SMILES string of the molecule is C=CC(=O)N1CC2CCCC2C1c1nc(-c2ccc(C(=O)Nc3ccccn3)cc2)c2c(N)nccn12. The molecule has 1 aliphatic heterocycles. The van der Waals surface area contributed by atoms with Crippen LogP contribution in [0.4, 0.5) is 11.6 Å². The van der Waals surface area contributed by atoms with Gasteiger partial charge in [-0.15, -0.1) is 0 Å². The minimum atomic E-state index is -0.251. The van der Waals surface area contributed by atoms with Gasteiger partial charge in [-0.25, -0.2) is 15.0 Å². The van der Waals surface area contributed by atoms with Gasteiger partial charge in [-0.3, -0.25) is 14.0 Å². The van der Waals surface area contributed by atoms with E-state index in [1.807, 2.05) is 33.7 Å². The molecule has 186 valence electrons. The Labute approximate surface area is 214 Å². The van der Waals surface area contributed by atoms with Gasteiger partial charge in [0.1, 0.15) is 28.7 Å². The molecular weight excluding hydrogens is 466 g/mol. The zero-order valence-electron chi connectivity index (χ0n) is 20.2. The predicted octanol–water partition coefficient (Wildman–Crippen LogP) is 4.11. The number of aromatic nitrogens is 4. The molecule has 6 rings (SSSR count). The highest BCUT2D eigenvalue weighted by atomic mass is 16.2. The smallest absolute Gasteiger partial charge is 0.256 e. The summed E-state index contributed by atoms with van der Waals surface area (Å²) in [6, 6.07) is 12.4. The lowest BCUT2D eigenvalue weighted by atomic mass is 9.93. The molecule has 1 aromatic carbocycles. The van der Waals surface area contributed by atoms with Gasteiger partial charge < -0.3 is 16.0 Å². The van der Waals surface area contributed by atoms with E-state index in [1.54, 1.807) is 36.7 Å². The Morgan fingerprint density at radius 2 is 1.92 bits per heavy atom. The summed E-state index contributed by atoms with van der Waals surface area (Å²) in [7, 11) is 0. The molecule has 2 fully saturated rings. The molecule has 3 unspecified atom stereocenters. The number of carbonyl (C=O) groups is 2. The summed E-state index contributed by atoms with van der Waals surface area (Å²) < 4.78 is 1.97. The van der Waals surface area contributed by atoms with Crippen LogP contribution in [0.25, 0.3) is 16.8 Å². The van der Waals surface area contributed by atoms with E-state index in [0.29, 0.717) is 46.8 Å². The van der Waals surface area contributed by atoms with Crippen LogP contribution in [-0.4, -0.2) is 42.6 Å². The van der Waals surface area contributed by atoms with Gasteiger partial charge in [0.25, 0.3) is 5.91 Å². The molecule has 1 aliphatic carbocycles. The van der Waals surface area contributed by atoms with E-state index < -0.39 is 0 Å². The van der Waals surface area contributed by atoms with Gasteiger partial charge in [0.2, 0.25) is 5.91 Å². The minimum Gasteiger partial charge on any atom is -0.382 e. The van der Waals surface area contributed by atoms with Crippen LogP contribution in [0, 0.1) is 11.8 Å². The summed E-state index contributed by atoms with van der Waals surface area (Å²) in [6.07, 6.45) is 9.85. The quantitative estimate of drug-likeness (QED) is 0.404. The van der Waals surface area contributed by atoms with Gasteiger partial charge in [-0.05, 0) is 55.0 Å². The van der Waals surface area contributed by atoms with Crippen molar-refractivity contribution in [2.45, 2.75) is 25.3 Å². The van der Waals surface area contributed by atoms with E-state index in [-0.39, 0.29) is 17.9 Å². The third-order valence-corrected chi connectivity index (χ3v) is 7.55. The number of fused-ring (bicyclic) bond motifs is 2. The lowest BCUT2D eigenvalue weighted by molar-refractivity contribution is -0.127. The van der Waals surface area contributed by atoms with Crippen LogP contribution >= 0.6 is 0 Å². The summed E-state index contributed by atoms with van der Waals surface area (Å²) in [5.41, 5.74) is 9.02. The van der Waals surface area contributed by atoms with Crippen molar-refractivity contribution >= 4 is 29.0 Å². The molecule has 1 saturated carbocycles. The molecule has 1 saturated heterocycles. The second kappa shape index (κ2) is 9.16. The Bertz CT molecular complexity index is 1500. The number of likely N-dealkylation sites (tertiary alicyclic amines) is 1. The second-order valence-corrected chi connectivity index (χ2v) is 9.59. The minimum absolute atomic E-state index is 0.0806. The van der Waals surface area contributed by atoms with Crippen molar-refractivity contribution in [3.05, 3.63) is 85.1 Å². The Morgan fingerprint density at radius 3 is 2.68 bits per heavy atom. The standard InChI is InChI=1S/C28H27N7O2/c1-2-22(36)35-16-19-6-5-7-20(19)24(35)27-33-23(25-26(29)31-14-15-34(25)27)17-9-11-18(12-10-17)28(37)32-21-8-3-4-13-30-21/h2-4,8-15,19-20,24H,1,5-7,16H2,(H2,29,31)(H,30,32,37). The topological polar surface area (TPSA) is 119 Å². The number of imidazole rings is 1. The molecule has 3 atom stereocenters. The number of anilines is 2. The fourth-order valence-corrected chi connectivity index (χ4v) is 5.88. The first-order valence-electron chi connectivity index (χ1n) is 12.4. The molecule has 37 heavy (non-hydrogen) atoms. The predicted molar refractivity (Wildman–Crippen MR) is 141 cm³/mol. The number of nitrogens with one attached hydrogen (secondary N) is 1. The molecule has 0 bridgehead atoms. The highest BCUT2D eigenvalue weighted by Crippen LogP contribution is 2.50. The lowest BCUT2D eigenvalue weighted by Crippen LogP contribution is -2.32. The zero-order chi connectivity index (χ0) is 25.5. The molecule has 9 nitrogen and oxygen atoms in total. The summed E-state index contributed by atoms with van der Waals surface area (Å²) >= 11 is 0. The van der Waals surface area contributed by atoms with E-state index in [1.165, 1.54) is 6.08 Å². The van der Waals surface area contributed by atoms with Crippen LogP contribution in [-0.2, 0) is 4.79 Å². The van der Waals surface area contributed by atoms with E-state index in [9.17, 15) is 9.59 Å². The van der Waals surface area contributed by atoms with E-state index in [4.69, 9.17) is 10.7 Å². The highest BCUT2D eigenvalue weighted by Gasteiger charge is 2.48. The first-order valence-corrected chi connectivity index (χ1v) is 12.4. The van der Waals surface area contributed by atoms with Crippen LogP contribution in [0.3, 0.4) is 0 Å². The number of carbonyl (C=O) groups excluding carboxylic acids is 2. The number of amides is 2. The number of benzene rings is 1. The third kappa shape index (κ3) is 3.92. The molecule has 9 heteroatoms. The van der Waals surface area contributed by atoms with Gasteiger partial charge in [0, 0.05) is 36.3 Å². The number of nitrogens with two attached hydrogens (primary N) is 1.